The van der Waals surface area contributed by atoms with Gasteiger partial charge in [0.15, 0.2) is 6.33 Å². The van der Waals surface area contributed by atoms with Crippen molar-refractivity contribution in [1.82, 2.24) is 9.55 Å². The fourth-order valence-corrected chi connectivity index (χ4v) is 1.52. The second-order valence-electron chi connectivity index (χ2n) is 3.26. The van der Waals surface area contributed by atoms with Crippen molar-refractivity contribution in [2.75, 3.05) is 0 Å². The van der Waals surface area contributed by atoms with Gasteiger partial charge in [-0.25, -0.2) is 4.98 Å². The minimum absolute atomic E-state index is 0.976. The molecule has 2 heteroatoms. The van der Waals surface area contributed by atoms with Crippen LogP contribution in [0.5, 0.6) is 0 Å². The third kappa shape index (κ3) is 1.69. The molecule has 0 atom stereocenters. The van der Waals surface area contributed by atoms with Crippen LogP contribution in [0.3, 0.4) is 0 Å². The lowest BCUT2D eigenvalue weighted by molar-refractivity contribution is 0.679. The van der Waals surface area contributed by atoms with Gasteiger partial charge in [0.1, 0.15) is 0 Å². The minimum Gasteiger partial charge on any atom is -0.321 e. The second-order valence-corrected chi connectivity index (χ2v) is 3.26. The summed E-state index contributed by atoms with van der Waals surface area (Å²) in [6.07, 6.45) is 5.94. The summed E-state index contributed by atoms with van der Waals surface area (Å²) in [5, 5.41) is 0. The molecule has 1 aromatic carbocycles. The molecule has 1 radical (unpaired) electrons. The van der Waals surface area contributed by atoms with Crippen molar-refractivity contribution in [3.63, 3.8) is 0 Å². The molecule has 2 rings (SSSR count). The summed E-state index contributed by atoms with van der Waals surface area (Å²) in [6.45, 7) is 3.13. The zero-order valence-corrected chi connectivity index (χ0v) is 8.27. The molecule has 2 nitrogen and oxygen atoms in total. The molecule has 1 aromatic heterocycles. The lowest BCUT2D eigenvalue weighted by atomic mass is 10.2. The van der Waals surface area contributed by atoms with Crippen LogP contribution in [0.2, 0.25) is 0 Å². The Balaban J connectivity index is 2.37. The molecule has 0 aliphatic rings. The van der Waals surface area contributed by atoms with Gasteiger partial charge in [-0.15, -0.1) is 0 Å². The summed E-state index contributed by atoms with van der Waals surface area (Å²) in [6, 6.07) is 10.3. The highest BCUT2D eigenvalue weighted by Crippen LogP contribution is 2.17. The van der Waals surface area contributed by atoms with Crippen LogP contribution in [-0.4, -0.2) is 9.55 Å². The molecule has 0 aliphatic carbocycles. The number of rotatable bonds is 3. The Labute approximate surface area is 84.2 Å². The van der Waals surface area contributed by atoms with Gasteiger partial charge >= 0.3 is 0 Å². The molecule has 1 heterocycles. The van der Waals surface area contributed by atoms with E-state index in [9.17, 15) is 0 Å². The van der Waals surface area contributed by atoms with Gasteiger partial charge in [-0.1, -0.05) is 37.3 Å². The van der Waals surface area contributed by atoms with Gasteiger partial charge in [-0.2, -0.15) is 0 Å². The van der Waals surface area contributed by atoms with Gasteiger partial charge in [-0.05, 0) is 12.0 Å². The molecule has 0 bridgehead atoms. The van der Waals surface area contributed by atoms with Gasteiger partial charge < -0.3 is 4.57 Å². The number of benzene rings is 1. The Morgan fingerprint density at radius 3 is 2.79 bits per heavy atom. The summed E-state index contributed by atoms with van der Waals surface area (Å²) < 4.78 is 2.06. The van der Waals surface area contributed by atoms with Gasteiger partial charge in [0, 0.05) is 6.54 Å². The molecule has 0 spiro atoms. The number of hydrogen-bond donors (Lipinski definition) is 0. The summed E-state index contributed by atoms with van der Waals surface area (Å²) in [5.74, 6) is 0. The first-order valence-corrected chi connectivity index (χ1v) is 4.90. The van der Waals surface area contributed by atoms with Crippen LogP contribution in [0.1, 0.15) is 13.3 Å². The molecule has 71 valence electrons. The Morgan fingerprint density at radius 1 is 1.29 bits per heavy atom. The molecule has 2 aromatic rings. The normalized spacial score (nSPS) is 10.4. The minimum atomic E-state index is 0.976. The summed E-state index contributed by atoms with van der Waals surface area (Å²) >= 11 is 0. The topological polar surface area (TPSA) is 17.8 Å². The Bertz CT molecular complexity index is 390. The van der Waals surface area contributed by atoms with Crippen molar-refractivity contribution in [2.45, 2.75) is 19.9 Å². The molecule has 0 amide bonds. The maximum Gasteiger partial charge on any atom is 0.176 e. The van der Waals surface area contributed by atoms with E-state index in [0.29, 0.717) is 0 Å². The third-order valence-electron chi connectivity index (χ3n) is 2.17. The van der Waals surface area contributed by atoms with Crippen LogP contribution >= 0.6 is 0 Å². The highest BCUT2D eigenvalue weighted by atomic mass is 15.0. The number of aryl methyl sites for hydroxylation is 1. The smallest absolute Gasteiger partial charge is 0.176 e. The number of nitrogens with zero attached hydrogens (tertiary/aromatic N) is 2. The van der Waals surface area contributed by atoms with E-state index in [-0.39, 0.29) is 0 Å². The van der Waals surface area contributed by atoms with Crippen molar-refractivity contribution >= 4 is 0 Å². The molecule has 0 N–H and O–H groups in total. The molecule has 0 unspecified atom stereocenters. The second kappa shape index (κ2) is 4.09. The maximum atomic E-state index is 4.06. The van der Waals surface area contributed by atoms with Crippen LogP contribution in [-0.2, 0) is 6.54 Å². The fraction of sp³-hybridized carbons (Fsp3) is 0.250. The lowest BCUT2D eigenvalue weighted by Crippen LogP contribution is -1.97. The standard InChI is InChI=1S/C12H13N2/c1-2-8-14-10-13-9-12(14)11-6-4-3-5-7-11/h3-7,9H,2,8H2,1H3. The van der Waals surface area contributed by atoms with E-state index in [4.69, 9.17) is 0 Å². The SMILES string of the molecule is CCCn1[c]ncc1-c1ccccc1. The molecular formula is C12H13N2. The Hall–Kier alpha value is -1.57. The highest BCUT2D eigenvalue weighted by molar-refractivity contribution is 5.58. The van der Waals surface area contributed by atoms with Crippen LogP contribution in [0, 0.1) is 6.33 Å². The van der Waals surface area contributed by atoms with Gasteiger partial charge in [-0.3, -0.25) is 0 Å². The maximum absolute atomic E-state index is 4.06. The molecule has 0 saturated carbocycles. The summed E-state index contributed by atoms with van der Waals surface area (Å²) in [5.41, 5.74) is 2.35. The van der Waals surface area contributed by atoms with Crippen molar-refractivity contribution in [1.29, 1.82) is 0 Å². The van der Waals surface area contributed by atoms with E-state index in [0.717, 1.165) is 18.7 Å². The largest absolute Gasteiger partial charge is 0.321 e. The average Bonchev–Trinajstić information content (AvgIpc) is 2.68. The molecule has 14 heavy (non-hydrogen) atoms. The Morgan fingerprint density at radius 2 is 2.07 bits per heavy atom. The molecule has 0 aliphatic heterocycles. The zero-order chi connectivity index (χ0) is 9.80. The predicted molar refractivity (Wildman–Crippen MR) is 56.8 cm³/mol. The molecule has 0 saturated heterocycles. The zero-order valence-electron chi connectivity index (χ0n) is 8.27. The van der Waals surface area contributed by atoms with Crippen molar-refractivity contribution in [3.8, 4) is 11.3 Å². The van der Waals surface area contributed by atoms with Crippen molar-refractivity contribution < 1.29 is 0 Å². The third-order valence-corrected chi connectivity index (χ3v) is 2.17. The predicted octanol–water partition coefficient (Wildman–Crippen LogP) is 2.76. The van der Waals surface area contributed by atoms with Crippen LogP contribution in [0.15, 0.2) is 36.5 Å². The number of imidazole rings is 1. The van der Waals surface area contributed by atoms with Crippen LogP contribution in [0.4, 0.5) is 0 Å². The van der Waals surface area contributed by atoms with Crippen LogP contribution < -0.4 is 0 Å². The number of aromatic nitrogens is 2. The van der Waals surface area contributed by atoms with E-state index in [1.54, 1.807) is 0 Å². The highest BCUT2D eigenvalue weighted by Gasteiger charge is 2.03. The first-order valence-electron chi connectivity index (χ1n) is 4.90. The van der Waals surface area contributed by atoms with E-state index in [1.165, 1.54) is 5.56 Å². The summed E-state index contributed by atoms with van der Waals surface area (Å²) in [4.78, 5) is 4.06. The number of hydrogen-bond acceptors (Lipinski definition) is 1. The van der Waals surface area contributed by atoms with Crippen LogP contribution in [0.25, 0.3) is 11.3 Å². The van der Waals surface area contributed by atoms with Gasteiger partial charge in [0.2, 0.25) is 0 Å². The van der Waals surface area contributed by atoms with Crippen molar-refractivity contribution in [2.24, 2.45) is 0 Å². The first kappa shape index (κ1) is 9.00. The van der Waals surface area contributed by atoms with E-state index in [2.05, 4.69) is 34.9 Å². The summed E-state index contributed by atoms with van der Waals surface area (Å²) in [7, 11) is 0. The quantitative estimate of drug-likeness (QED) is 0.719. The monoisotopic (exact) mass is 185 g/mol. The first-order chi connectivity index (χ1) is 6.92. The van der Waals surface area contributed by atoms with Gasteiger partial charge in [0.05, 0.1) is 11.9 Å². The molecular weight excluding hydrogens is 172 g/mol. The van der Waals surface area contributed by atoms with Crippen molar-refractivity contribution in [3.05, 3.63) is 42.9 Å². The lowest BCUT2D eigenvalue weighted by Gasteiger charge is -2.05. The van der Waals surface area contributed by atoms with E-state index in [1.807, 2.05) is 24.4 Å². The van der Waals surface area contributed by atoms with E-state index >= 15 is 0 Å². The Kier molecular flexibility index (Phi) is 2.63. The average molecular weight is 185 g/mol. The fourth-order valence-electron chi connectivity index (χ4n) is 1.52. The van der Waals surface area contributed by atoms with E-state index < -0.39 is 0 Å². The van der Waals surface area contributed by atoms with Gasteiger partial charge in [0.25, 0.3) is 0 Å². The molecule has 0 fully saturated rings.